The molecule has 0 spiro atoms. The molecule has 1 saturated carbocycles. The Bertz CT molecular complexity index is 247. The lowest BCUT2D eigenvalue weighted by molar-refractivity contribution is -0.138. The number of halogens is 1. The van der Waals surface area contributed by atoms with Gasteiger partial charge in [-0.25, -0.2) is 0 Å². The standard InChI is InChI=1S/C12H22N2O2.ClH/c1-2-11-9-16-6-5-14(11)12(15)8-13-7-10-3-4-10;/h10-11,13H,2-9H2,1H3;1H. The van der Waals surface area contributed by atoms with E-state index in [2.05, 4.69) is 12.2 Å². The maximum absolute atomic E-state index is 12.0. The zero-order chi connectivity index (χ0) is 11.4. The molecule has 0 bridgehead atoms. The second-order valence-electron chi connectivity index (χ2n) is 4.80. The van der Waals surface area contributed by atoms with Crippen LogP contribution in [0.2, 0.25) is 0 Å². The predicted molar refractivity (Wildman–Crippen MR) is 69.5 cm³/mol. The van der Waals surface area contributed by atoms with E-state index < -0.39 is 0 Å². The van der Waals surface area contributed by atoms with Crippen LogP contribution in [0.5, 0.6) is 0 Å². The smallest absolute Gasteiger partial charge is 0.236 e. The van der Waals surface area contributed by atoms with Gasteiger partial charge in [0, 0.05) is 6.54 Å². The molecule has 1 amide bonds. The van der Waals surface area contributed by atoms with Gasteiger partial charge in [0.2, 0.25) is 5.91 Å². The first kappa shape index (κ1) is 14.7. The van der Waals surface area contributed by atoms with Crippen molar-refractivity contribution in [1.82, 2.24) is 10.2 Å². The number of carbonyl (C=O) groups is 1. The van der Waals surface area contributed by atoms with Gasteiger partial charge in [0.15, 0.2) is 0 Å². The first-order valence-electron chi connectivity index (χ1n) is 6.39. The molecule has 0 radical (unpaired) electrons. The molecule has 4 nitrogen and oxygen atoms in total. The average Bonchev–Trinajstić information content (AvgIpc) is 3.13. The van der Waals surface area contributed by atoms with Crippen molar-refractivity contribution < 1.29 is 9.53 Å². The molecule has 2 rings (SSSR count). The predicted octanol–water partition coefficient (Wildman–Crippen LogP) is 1.05. The number of nitrogens with one attached hydrogen (secondary N) is 1. The van der Waals surface area contributed by atoms with E-state index >= 15 is 0 Å². The van der Waals surface area contributed by atoms with Crippen molar-refractivity contribution in [2.24, 2.45) is 5.92 Å². The Balaban J connectivity index is 0.00000144. The molecular formula is C12H23ClN2O2. The summed E-state index contributed by atoms with van der Waals surface area (Å²) in [6, 6.07) is 0.281. The molecule has 0 aromatic rings. The largest absolute Gasteiger partial charge is 0.377 e. The third-order valence-electron chi connectivity index (χ3n) is 3.43. The molecule has 2 aliphatic rings. The molecule has 5 heteroatoms. The van der Waals surface area contributed by atoms with Crippen LogP contribution in [-0.4, -0.2) is 49.7 Å². The van der Waals surface area contributed by atoms with Crippen LogP contribution >= 0.6 is 12.4 Å². The molecule has 0 aromatic carbocycles. The van der Waals surface area contributed by atoms with Gasteiger partial charge in [-0.1, -0.05) is 6.92 Å². The van der Waals surface area contributed by atoms with Gasteiger partial charge in [0.05, 0.1) is 25.8 Å². The first-order valence-corrected chi connectivity index (χ1v) is 6.39. The van der Waals surface area contributed by atoms with Crippen molar-refractivity contribution in [2.75, 3.05) is 32.8 Å². The van der Waals surface area contributed by atoms with E-state index in [1.807, 2.05) is 4.90 Å². The van der Waals surface area contributed by atoms with Crippen molar-refractivity contribution in [1.29, 1.82) is 0 Å². The Morgan fingerprint density at radius 2 is 2.24 bits per heavy atom. The number of carbonyl (C=O) groups excluding carboxylic acids is 1. The van der Waals surface area contributed by atoms with Crippen LogP contribution in [0.25, 0.3) is 0 Å². The Labute approximate surface area is 109 Å². The van der Waals surface area contributed by atoms with Crippen LogP contribution in [0.1, 0.15) is 26.2 Å². The highest BCUT2D eigenvalue weighted by atomic mass is 35.5. The Morgan fingerprint density at radius 3 is 2.88 bits per heavy atom. The minimum absolute atomic E-state index is 0. The SMILES string of the molecule is CCC1COCCN1C(=O)CNCC1CC1.Cl. The van der Waals surface area contributed by atoms with Gasteiger partial charge in [-0.15, -0.1) is 12.4 Å². The lowest BCUT2D eigenvalue weighted by atomic mass is 10.2. The molecule has 100 valence electrons. The fourth-order valence-electron chi connectivity index (χ4n) is 2.13. The lowest BCUT2D eigenvalue weighted by Gasteiger charge is -2.35. The number of amides is 1. The number of hydrogen-bond donors (Lipinski definition) is 1. The quantitative estimate of drug-likeness (QED) is 0.805. The molecule has 1 unspecified atom stereocenters. The minimum atomic E-state index is 0. The second-order valence-corrected chi connectivity index (χ2v) is 4.80. The molecule has 0 aromatic heterocycles. The second kappa shape index (κ2) is 7.19. The Hall–Kier alpha value is -0.320. The average molecular weight is 263 g/mol. The lowest BCUT2D eigenvalue weighted by Crippen LogP contribution is -2.51. The molecule has 17 heavy (non-hydrogen) atoms. The van der Waals surface area contributed by atoms with Gasteiger partial charge in [0.1, 0.15) is 0 Å². The van der Waals surface area contributed by atoms with Gasteiger partial charge in [-0.05, 0) is 31.7 Å². The van der Waals surface area contributed by atoms with E-state index in [0.29, 0.717) is 19.8 Å². The topological polar surface area (TPSA) is 41.6 Å². The first-order chi connectivity index (χ1) is 7.81. The highest BCUT2D eigenvalue weighted by molar-refractivity contribution is 5.85. The minimum Gasteiger partial charge on any atom is -0.377 e. The Kier molecular flexibility index (Phi) is 6.23. The highest BCUT2D eigenvalue weighted by Gasteiger charge is 2.26. The van der Waals surface area contributed by atoms with Crippen molar-refractivity contribution in [3.63, 3.8) is 0 Å². The van der Waals surface area contributed by atoms with E-state index in [1.165, 1.54) is 12.8 Å². The third kappa shape index (κ3) is 4.45. The molecule has 1 atom stereocenters. The number of nitrogens with zero attached hydrogens (tertiary/aromatic N) is 1. The van der Waals surface area contributed by atoms with Crippen LogP contribution in [0.3, 0.4) is 0 Å². The molecule has 2 fully saturated rings. The molecular weight excluding hydrogens is 240 g/mol. The summed E-state index contributed by atoms with van der Waals surface area (Å²) < 4.78 is 5.39. The van der Waals surface area contributed by atoms with Gasteiger partial charge < -0.3 is 15.0 Å². The van der Waals surface area contributed by atoms with E-state index in [9.17, 15) is 4.79 Å². The van der Waals surface area contributed by atoms with Crippen LogP contribution in [0.15, 0.2) is 0 Å². The number of hydrogen-bond acceptors (Lipinski definition) is 3. The maximum Gasteiger partial charge on any atom is 0.236 e. The summed E-state index contributed by atoms with van der Waals surface area (Å²) >= 11 is 0. The summed E-state index contributed by atoms with van der Waals surface area (Å²) in [5.41, 5.74) is 0. The van der Waals surface area contributed by atoms with Gasteiger partial charge in [-0.3, -0.25) is 4.79 Å². The van der Waals surface area contributed by atoms with Gasteiger partial charge in [0.25, 0.3) is 0 Å². The molecule has 1 saturated heterocycles. The van der Waals surface area contributed by atoms with Crippen molar-refractivity contribution in [3.05, 3.63) is 0 Å². The summed E-state index contributed by atoms with van der Waals surface area (Å²) in [5, 5.41) is 3.26. The third-order valence-corrected chi connectivity index (χ3v) is 3.43. The van der Waals surface area contributed by atoms with Crippen molar-refractivity contribution >= 4 is 18.3 Å². The highest BCUT2D eigenvalue weighted by Crippen LogP contribution is 2.27. The van der Waals surface area contributed by atoms with Crippen molar-refractivity contribution in [2.45, 2.75) is 32.2 Å². The summed E-state index contributed by atoms with van der Waals surface area (Å²) in [7, 11) is 0. The zero-order valence-electron chi connectivity index (χ0n) is 10.5. The monoisotopic (exact) mass is 262 g/mol. The van der Waals surface area contributed by atoms with Gasteiger partial charge in [-0.2, -0.15) is 0 Å². The molecule has 1 aliphatic carbocycles. The summed E-state index contributed by atoms with van der Waals surface area (Å²) in [6.07, 6.45) is 3.64. The summed E-state index contributed by atoms with van der Waals surface area (Å²) in [6.45, 7) is 5.75. The molecule has 1 N–H and O–H groups in total. The van der Waals surface area contributed by atoms with E-state index in [1.54, 1.807) is 0 Å². The van der Waals surface area contributed by atoms with Crippen molar-refractivity contribution in [3.8, 4) is 0 Å². The molecule has 1 heterocycles. The summed E-state index contributed by atoms with van der Waals surface area (Å²) in [5.74, 6) is 1.07. The van der Waals surface area contributed by atoms with E-state index in [0.717, 1.165) is 25.4 Å². The fraction of sp³-hybridized carbons (Fsp3) is 0.917. The summed E-state index contributed by atoms with van der Waals surface area (Å²) in [4.78, 5) is 14.0. The number of morpholine rings is 1. The molecule has 1 aliphatic heterocycles. The van der Waals surface area contributed by atoms with Crippen LogP contribution < -0.4 is 5.32 Å². The van der Waals surface area contributed by atoms with Crippen LogP contribution in [0.4, 0.5) is 0 Å². The number of ether oxygens (including phenoxy) is 1. The van der Waals surface area contributed by atoms with Crippen LogP contribution in [0, 0.1) is 5.92 Å². The van der Waals surface area contributed by atoms with E-state index in [-0.39, 0.29) is 24.4 Å². The maximum atomic E-state index is 12.0. The zero-order valence-corrected chi connectivity index (χ0v) is 11.3. The fourth-order valence-corrected chi connectivity index (χ4v) is 2.13. The van der Waals surface area contributed by atoms with Crippen LogP contribution in [-0.2, 0) is 9.53 Å². The van der Waals surface area contributed by atoms with Gasteiger partial charge >= 0.3 is 0 Å². The Morgan fingerprint density at radius 1 is 1.47 bits per heavy atom. The number of rotatable bonds is 5. The van der Waals surface area contributed by atoms with E-state index in [4.69, 9.17) is 4.74 Å². The normalized spacial score (nSPS) is 24.3.